The fourth-order valence-electron chi connectivity index (χ4n) is 1.14. The van der Waals surface area contributed by atoms with E-state index in [0.717, 1.165) is 6.54 Å². The van der Waals surface area contributed by atoms with E-state index in [1.807, 2.05) is 0 Å². The minimum Gasteiger partial charge on any atom is -0.327 e. The molecule has 1 rings (SSSR count). The number of rotatable bonds is 0. The minimum absolute atomic E-state index is 0. The Kier molecular flexibility index (Phi) is 3.63. The number of nitrogens with two attached hydrogens (primary N) is 1. The molecule has 0 aromatic rings. The monoisotopic (exact) mass is 164 g/mol. The van der Waals surface area contributed by atoms with Crippen LogP contribution in [0, 0.1) is 0 Å². The molecule has 1 aliphatic heterocycles. The molecule has 0 aliphatic carbocycles. The van der Waals surface area contributed by atoms with Gasteiger partial charge in [-0.05, 0) is 26.7 Å². The normalized spacial score (nSPS) is 30.9. The van der Waals surface area contributed by atoms with Gasteiger partial charge < -0.3 is 11.1 Å². The lowest BCUT2D eigenvalue weighted by Crippen LogP contribution is -2.51. The molecule has 1 aliphatic rings. The average molecular weight is 165 g/mol. The number of hydrogen-bond acceptors (Lipinski definition) is 2. The van der Waals surface area contributed by atoms with Gasteiger partial charge in [-0.1, -0.05) is 0 Å². The van der Waals surface area contributed by atoms with Gasteiger partial charge in [0.1, 0.15) is 0 Å². The highest BCUT2D eigenvalue weighted by atomic mass is 35.5. The van der Waals surface area contributed by atoms with E-state index in [9.17, 15) is 0 Å². The van der Waals surface area contributed by atoms with E-state index in [2.05, 4.69) is 19.2 Å². The zero-order valence-corrected chi connectivity index (χ0v) is 7.50. The van der Waals surface area contributed by atoms with Crippen molar-refractivity contribution in [3.05, 3.63) is 0 Å². The molecule has 2 nitrogen and oxygen atoms in total. The SMILES string of the molecule is CC1(C)CC[C@H](N)CN1.Cl. The van der Waals surface area contributed by atoms with Crippen molar-refractivity contribution >= 4 is 12.4 Å². The number of nitrogens with one attached hydrogen (secondary N) is 1. The molecule has 3 N–H and O–H groups in total. The first kappa shape index (κ1) is 10.2. The number of halogens is 1. The highest BCUT2D eigenvalue weighted by Gasteiger charge is 2.23. The van der Waals surface area contributed by atoms with Crippen LogP contribution >= 0.6 is 12.4 Å². The first-order valence-electron chi connectivity index (χ1n) is 3.61. The molecule has 0 unspecified atom stereocenters. The molecule has 0 radical (unpaired) electrons. The van der Waals surface area contributed by atoms with Crippen molar-refractivity contribution in [1.29, 1.82) is 0 Å². The standard InChI is InChI=1S/C7H16N2.ClH/c1-7(2)4-3-6(8)5-9-7;/h6,9H,3-5,8H2,1-2H3;1H/t6-;/m0./s1. The molecular weight excluding hydrogens is 148 g/mol. The zero-order valence-electron chi connectivity index (χ0n) is 6.68. The second-order valence-corrected chi connectivity index (χ2v) is 3.56. The molecule has 1 atom stereocenters. The summed E-state index contributed by atoms with van der Waals surface area (Å²) < 4.78 is 0. The summed E-state index contributed by atoms with van der Waals surface area (Å²) in [7, 11) is 0. The van der Waals surface area contributed by atoms with E-state index in [4.69, 9.17) is 5.73 Å². The van der Waals surface area contributed by atoms with Gasteiger partial charge in [-0.3, -0.25) is 0 Å². The molecule has 0 aromatic carbocycles. The molecule has 1 saturated heterocycles. The molecule has 0 saturated carbocycles. The van der Waals surface area contributed by atoms with Crippen molar-refractivity contribution in [2.45, 2.75) is 38.3 Å². The maximum Gasteiger partial charge on any atom is 0.0166 e. The quantitative estimate of drug-likeness (QED) is 0.559. The van der Waals surface area contributed by atoms with E-state index in [1.165, 1.54) is 12.8 Å². The Morgan fingerprint density at radius 2 is 2.10 bits per heavy atom. The van der Waals surface area contributed by atoms with Crippen LogP contribution in [0.15, 0.2) is 0 Å². The van der Waals surface area contributed by atoms with Gasteiger partial charge in [0.2, 0.25) is 0 Å². The van der Waals surface area contributed by atoms with Gasteiger partial charge in [-0.25, -0.2) is 0 Å². The van der Waals surface area contributed by atoms with E-state index in [-0.39, 0.29) is 12.4 Å². The summed E-state index contributed by atoms with van der Waals surface area (Å²) in [6.07, 6.45) is 2.37. The molecule has 62 valence electrons. The lowest BCUT2D eigenvalue weighted by molar-refractivity contribution is 0.281. The Morgan fingerprint density at radius 1 is 1.50 bits per heavy atom. The summed E-state index contributed by atoms with van der Waals surface area (Å²) in [6, 6.07) is 0.387. The third-order valence-electron chi connectivity index (χ3n) is 1.98. The summed E-state index contributed by atoms with van der Waals surface area (Å²) in [5, 5.41) is 3.38. The molecule has 3 heteroatoms. The fraction of sp³-hybridized carbons (Fsp3) is 1.00. The lowest BCUT2D eigenvalue weighted by Gasteiger charge is -2.34. The van der Waals surface area contributed by atoms with E-state index < -0.39 is 0 Å². The minimum atomic E-state index is 0. The van der Waals surface area contributed by atoms with Crippen LogP contribution in [0.25, 0.3) is 0 Å². The molecule has 0 bridgehead atoms. The van der Waals surface area contributed by atoms with E-state index in [1.54, 1.807) is 0 Å². The Morgan fingerprint density at radius 3 is 2.40 bits per heavy atom. The van der Waals surface area contributed by atoms with Gasteiger partial charge in [-0.2, -0.15) is 0 Å². The second kappa shape index (κ2) is 3.56. The molecule has 0 spiro atoms. The van der Waals surface area contributed by atoms with Crippen LogP contribution in [0.5, 0.6) is 0 Å². The average Bonchev–Trinajstić information content (AvgIpc) is 1.78. The molecule has 10 heavy (non-hydrogen) atoms. The predicted octanol–water partition coefficient (Wildman–Crippen LogP) is 0.898. The molecule has 0 aromatic heterocycles. The van der Waals surface area contributed by atoms with Crippen molar-refractivity contribution in [2.24, 2.45) is 5.73 Å². The smallest absolute Gasteiger partial charge is 0.0166 e. The third kappa shape index (κ3) is 2.86. The van der Waals surface area contributed by atoms with Crippen molar-refractivity contribution in [3.63, 3.8) is 0 Å². The van der Waals surface area contributed by atoms with Crippen molar-refractivity contribution in [2.75, 3.05) is 6.54 Å². The summed E-state index contributed by atoms with van der Waals surface area (Å²) in [5.41, 5.74) is 6.02. The van der Waals surface area contributed by atoms with Gasteiger partial charge in [0.25, 0.3) is 0 Å². The van der Waals surface area contributed by atoms with E-state index in [0.29, 0.717) is 11.6 Å². The molecule has 0 amide bonds. The summed E-state index contributed by atoms with van der Waals surface area (Å²) in [5.74, 6) is 0. The highest BCUT2D eigenvalue weighted by Crippen LogP contribution is 2.16. The zero-order chi connectivity index (χ0) is 6.91. The molecule has 1 heterocycles. The van der Waals surface area contributed by atoms with Crippen LogP contribution in [-0.4, -0.2) is 18.1 Å². The number of piperidine rings is 1. The maximum absolute atomic E-state index is 5.69. The molecular formula is C7H17ClN2. The Balaban J connectivity index is 0.000000810. The van der Waals surface area contributed by atoms with Gasteiger partial charge in [-0.15, -0.1) is 12.4 Å². The van der Waals surface area contributed by atoms with Crippen molar-refractivity contribution < 1.29 is 0 Å². The summed E-state index contributed by atoms with van der Waals surface area (Å²) in [4.78, 5) is 0. The summed E-state index contributed by atoms with van der Waals surface area (Å²) in [6.45, 7) is 5.42. The fourth-order valence-corrected chi connectivity index (χ4v) is 1.14. The number of hydrogen-bond donors (Lipinski definition) is 2. The summed E-state index contributed by atoms with van der Waals surface area (Å²) >= 11 is 0. The third-order valence-corrected chi connectivity index (χ3v) is 1.98. The van der Waals surface area contributed by atoms with Gasteiger partial charge >= 0.3 is 0 Å². The van der Waals surface area contributed by atoms with Crippen molar-refractivity contribution in [1.82, 2.24) is 5.32 Å². The second-order valence-electron chi connectivity index (χ2n) is 3.56. The van der Waals surface area contributed by atoms with Crippen LogP contribution in [0.3, 0.4) is 0 Å². The first-order valence-corrected chi connectivity index (χ1v) is 3.61. The lowest BCUT2D eigenvalue weighted by atomic mass is 9.91. The Labute approximate surface area is 69.0 Å². The first-order chi connectivity index (χ1) is 4.10. The predicted molar refractivity (Wildman–Crippen MR) is 46.5 cm³/mol. The maximum atomic E-state index is 5.69. The Bertz CT molecular complexity index is 93.8. The largest absolute Gasteiger partial charge is 0.327 e. The topological polar surface area (TPSA) is 38.0 Å². The van der Waals surface area contributed by atoms with Crippen LogP contribution in [0.2, 0.25) is 0 Å². The van der Waals surface area contributed by atoms with Crippen LogP contribution in [-0.2, 0) is 0 Å². The highest BCUT2D eigenvalue weighted by molar-refractivity contribution is 5.85. The van der Waals surface area contributed by atoms with Crippen LogP contribution < -0.4 is 11.1 Å². The van der Waals surface area contributed by atoms with E-state index >= 15 is 0 Å². The van der Waals surface area contributed by atoms with Crippen LogP contribution in [0.1, 0.15) is 26.7 Å². The Hall–Kier alpha value is 0.210. The van der Waals surface area contributed by atoms with Gasteiger partial charge in [0.15, 0.2) is 0 Å². The van der Waals surface area contributed by atoms with Crippen LogP contribution in [0.4, 0.5) is 0 Å². The van der Waals surface area contributed by atoms with Crippen molar-refractivity contribution in [3.8, 4) is 0 Å². The van der Waals surface area contributed by atoms with Gasteiger partial charge in [0.05, 0.1) is 0 Å². The molecule has 1 fully saturated rings. The van der Waals surface area contributed by atoms with Gasteiger partial charge in [0, 0.05) is 18.1 Å².